The molecule has 1 aromatic carbocycles. The van der Waals surface area contributed by atoms with Gasteiger partial charge in [0.25, 0.3) is 0 Å². The number of rotatable bonds is 6. The summed E-state index contributed by atoms with van der Waals surface area (Å²) in [5.74, 6) is 0.125. The fourth-order valence-corrected chi connectivity index (χ4v) is 4.69. The van der Waals surface area contributed by atoms with Gasteiger partial charge >= 0.3 is 0 Å². The summed E-state index contributed by atoms with van der Waals surface area (Å²) in [5, 5.41) is 13.4. The first-order chi connectivity index (χ1) is 12.0. The second-order valence-corrected chi connectivity index (χ2v) is 8.42. The lowest BCUT2D eigenvalue weighted by Gasteiger charge is -2.28. The second-order valence-electron chi connectivity index (χ2n) is 6.78. The minimum Gasteiger partial charge on any atom is -0.388 e. The molecule has 1 aliphatic carbocycles. The molecule has 2 N–H and O–H groups in total. The minimum absolute atomic E-state index is 0.125. The normalized spacial score (nSPS) is 17.4. The molecule has 1 aliphatic rings. The summed E-state index contributed by atoms with van der Waals surface area (Å²) in [5.41, 5.74) is 0.657. The van der Waals surface area contributed by atoms with Gasteiger partial charge in [0.15, 0.2) is 0 Å². The van der Waals surface area contributed by atoms with Gasteiger partial charge in [-0.25, -0.2) is 0 Å². The van der Waals surface area contributed by atoms with Crippen molar-refractivity contribution in [1.29, 1.82) is 0 Å². The summed E-state index contributed by atoms with van der Waals surface area (Å²) in [6.45, 7) is 2.39. The third-order valence-corrected chi connectivity index (χ3v) is 6.61. The van der Waals surface area contributed by atoms with Gasteiger partial charge in [0.05, 0.1) is 11.5 Å². The molecular formula is C20H24ClNO2S. The van der Waals surface area contributed by atoms with E-state index in [0.29, 0.717) is 11.6 Å². The summed E-state index contributed by atoms with van der Waals surface area (Å²) in [6.07, 6.45) is 4.31. The number of benzene rings is 1. The van der Waals surface area contributed by atoms with Gasteiger partial charge in [0.1, 0.15) is 0 Å². The molecule has 1 atom stereocenters. The number of hydrogen-bond acceptors (Lipinski definition) is 3. The summed E-state index contributed by atoms with van der Waals surface area (Å²) in [7, 11) is 0. The van der Waals surface area contributed by atoms with E-state index in [-0.39, 0.29) is 5.91 Å². The highest BCUT2D eigenvalue weighted by Gasteiger charge is 2.42. The number of aliphatic hydroxyl groups is 1. The van der Waals surface area contributed by atoms with Gasteiger partial charge in [-0.1, -0.05) is 36.6 Å². The van der Waals surface area contributed by atoms with Crippen LogP contribution < -0.4 is 5.32 Å². The molecule has 1 amide bonds. The van der Waals surface area contributed by atoms with E-state index in [9.17, 15) is 9.90 Å². The smallest absolute Gasteiger partial charge is 0.230 e. The zero-order chi connectivity index (χ0) is 17.9. The average Bonchev–Trinajstić information content (AvgIpc) is 3.25. The lowest BCUT2D eigenvalue weighted by molar-refractivity contribution is -0.126. The molecule has 1 heterocycles. The van der Waals surface area contributed by atoms with Crippen molar-refractivity contribution < 1.29 is 9.90 Å². The number of amides is 1. The molecule has 25 heavy (non-hydrogen) atoms. The Bertz CT molecular complexity index is 718. The molecule has 0 aliphatic heterocycles. The molecule has 3 nitrogen and oxygen atoms in total. The molecule has 1 aromatic heterocycles. The molecule has 5 heteroatoms. The summed E-state index contributed by atoms with van der Waals surface area (Å²) in [4.78, 5) is 15.1. The number of carbonyl (C=O) groups excluding carboxylic acids is 1. The number of nitrogens with one attached hydrogen (secondary N) is 1. The topological polar surface area (TPSA) is 49.3 Å². The molecule has 0 saturated heterocycles. The number of hydrogen-bond donors (Lipinski definition) is 2. The van der Waals surface area contributed by atoms with Crippen LogP contribution >= 0.6 is 22.9 Å². The summed E-state index contributed by atoms with van der Waals surface area (Å²) >= 11 is 7.61. The molecule has 1 saturated carbocycles. The lowest BCUT2D eigenvalue weighted by atomic mass is 9.78. The van der Waals surface area contributed by atoms with Crippen LogP contribution in [0.15, 0.2) is 36.4 Å². The Labute approximate surface area is 158 Å². The molecule has 0 radical (unpaired) electrons. The van der Waals surface area contributed by atoms with Gasteiger partial charge < -0.3 is 10.4 Å². The van der Waals surface area contributed by atoms with E-state index in [1.165, 1.54) is 4.88 Å². The van der Waals surface area contributed by atoms with E-state index < -0.39 is 11.5 Å². The Morgan fingerprint density at radius 2 is 1.92 bits per heavy atom. The third kappa shape index (κ3) is 4.08. The van der Waals surface area contributed by atoms with Gasteiger partial charge in [-0.05, 0) is 56.0 Å². The van der Waals surface area contributed by atoms with Crippen LogP contribution in [0.4, 0.5) is 0 Å². The van der Waals surface area contributed by atoms with Crippen molar-refractivity contribution >= 4 is 28.8 Å². The van der Waals surface area contributed by atoms with Gasteiger partial charge in [-0.15, -0.1) is 11.3 Å². The van der Waals surface area contributed by atoms with Crippen LogP contribution in [-0.4, -0.2) is 17.6 Å². The van der Waals surface area contributed by atoms with Crippen LogP contribution in [0.3, 0.4) is 0 Å². The van der Waals surface area contributed by atoms with E-state index in [2.05, 4.69) is 5.32 Å². The molecule has 134 valence electrons. The van der Waals surface area contributed by atoms with Crippen molar-refractivity contribution in [3.05, 3.63) is 56.7 Å². The molecule has 3 rings (SSSR count). The highest BCUT2D eigenvalue weighted by atomic mass is 35.5. The molecule has 0 spiro atoms. The van der Waals surface area contributed by atoms with Crippen molar-refractivity contribution in [3.63, 3.8) is 0 Å². The monoisotopic (exact) mass is 377 g/mol. The van der Waals surface area contributed by atoms with E-state index >= 15 is 0 Å². The maximum atomic E-state index is 13.0. The first-order valence-corrected chi connectivity index (χ1v) is 10.0. The van der Waals surface area contributed by atoms with Gasteiger partial charge in [0, 0.05) is 21.3 Å². The molecule has 0 bridgehead atoms. The molecule has 1 fully saturated rings. The predicted molar refractivity (Wildman–Crippen MR) is 103 cm³/mol. The van der Waals surface area contributed by atoms with E-state index in [1.54, 1.807) is 18.3 Å². The SMILES string of the molecule is CC(O)c1ccc(CCNC(=O)C2(c3ccc(Cl)cc3)CCCC2)s1. The molecule has 2 aromatic rings. The van der Waals surface area contributed by atoms with Crippen molar-refractivity contribution in [2.75, 3.05) is 6.54 Å². The fraction of sp³-hybridized carbons (Fsp3) is 0.450. The highest BCUT2D eigenvalue weighted by Crippen LogP contribution is 2.41. The number of halogens is 1. The Morgan fingerprint density at radius 3 is 2.52 bits per heavy atom. The van der Waals surface area contributed by atoms with Crippen molar-refractivity contribution in [3.8, 4) is 0 Å². The van der Waals surface area contributed by atoms with Crippen molar-refractivity contribution in [2.45, 2.75) is 50.5 Å². The van der Waals surface area contributed by atoms with Crippen LogP contribution in [0, 0.1) is 0 Å². The third-order valence-electron chi connectivity index (χ3n) is 5.04. The quantitative estimate of drug-likeness (QED) is 0.771. The van der Waals surface area contributed by atoms with Crippen LogP contribution in [0.5, 0.6) is 0 Å². The number of carbonyl (C=O) groups is 1. The summed E-state index contributed by atoms with van der Waals surface area (Å²) in [6, 6.07) is 11.7. The first kappa shape index (κ1) is 18.4. The molecular weight excluding hydrogens is 354 g/mol. The number of aliphatic hydroxyl groups excluding tert-OH is 1. The van der Waals surface area contributed by atoms with E-state index in [1.807, 2.05) is 36.4 Å². The van der Waals surface area contributed by atoms with Crippen LogP contribution in [0.25, 0.3) is 0 Å². The van der Waals surface area contributed by atoms with Gasteiger partial charge in [-0.2, -0.15) is 0 Å². The van der Waals surface area contributed by atoms with Gasteiger partial charge in [-0.3, -0.25) is 4.79 Å². The second kappa shape index (κ2) is 7.90. The largest absolute Gasteiger partial charge is 0.388 e. The van der Waals surface area contributed by atoms with Crippen LogP contribution in [-0.2, 0) is 16.6 Å². The Kier molecular flexibility index (Phi) is 5.82. The summed E-state index contributed by atoms with van der Waals surface area (Å²) < 4.78 is 0. The van der Waals surface area contributed by atoms with Gasteiger partial charge in [0.2, 0.25) is 5.91 Å². The highest BCUT2D eigenvalue weighted by molar-refractivity contribution is 7.12. The zero-order valence-corrected chi connectivity index (χ0v) is 16.0. The van der Waals surface area contributed by atoms with Crippen molar-refractivity contribution in [1.82, 2.24) is 5.32 Å². The Balaban J connectivity index is 1.64. The Hall–Kier alpha value is -1.36. The van der Waals surface area contributed by atoms with Crippen LogP contribution in [0.2, 0.25) is 5.02 Å². The fourth-order valence-electron chi connectivity index (χ4n) is 3.62. The van der Waals surface area contributed by atoms with E-state index in [0.717, 1.165) is 42.5 Å². The Morgan fingerprint density at radius 1 is 1.24 bits per heavy atom. The zero-order valence-electron chi connectivity index (χ0n) is 14.4. The number of thiophene rings is 1. The van der Waals surface area contributed by atoms with E-state index in [4.69, 9.17) is 11.6 Å². The maximum absolute atomic E-state index is 13.0. The predicted octanol–water partition coefficient (Wildman–Crippen LogP) is 4.63. The lowest BCUT2D eigenvalue weighted by Crippen LogP contribution is -2.43. The average molecular weight is 378 g/mol. The minimum atomic E-state index is -0.431. The standard InChI is InChI=1S/C20H24ClNO2S/c1-14(23)18-9-8-17(25-18)10-13-22-19(24)20(11-2-3-12-20)15-4-6-16(21)7-5-15/h4-9,14,23H,2-3,10-13H2,1H3,(H,22,24). The molecule has 1 unspecified atom stereocenters. The van der Waals surface area contributed by atoms with Crippen molar-refractivity contribution in [2.24, 2.45) is 0 Å². The first-order valence-electron chi connectivity index (χ1n) is 8.82. The van der Waals surface area contributed by atoms with Crippen LogP contribution in [0.1, 0.15) is 54.0 Å². The maximum Gasteiger partial charge on any atom is 0.230 e.